The molecule has 0 aliphatic carbocycles. The molecule has 0 spiro atoms. The lowest BCUT2D eigenvalue weighted by Gasteiger charge is -2.40. The monoisotopic (exact) mass is 432 g/mol. The fraction of sp³-hybridized carbons (Fsp3) is 0.667. The van der Waals surface area contributed by atoms with Crippen molar-refractivity contribution in [2.45, 2.75) is 61.3 Å². The van der Waals surface area contributed by atoms with E-state index in [0.29, 0.717) is 11.4 Å². The molecule has 30 heavy (non-hydrogen) atoms. The number of ether oxygens (including phenoxy) is 2. The quantitative estimate of drug-likeness (QED) is 0.210. The minimum atomic E-state index is -1.50. The van der Waals surface area contributed by atoms with E-state index in [1.807, 2.05) is 0 Å². The lowest BCUT2D eigenvalue weighted by Crippen LogP contribution is -2.60. The number of aliphatic hydroxyl groups is 8. The Morgan fingerprint density at radius 2 is 0.900 bits per heavy atom. The maximum Gasteiger partial charge on any atom is 0.157 e. The Kier molecular flexibility index (Phi) is 7.47. The van der Waals surface area contributed by atoms with E-state index >= 15 is 0 Å². The van der Waals surface area contributed by atoms with Crippen LogP contribution in [0.1, 0.15) is 0 Å². The molecule has 1 aromatic carbocycles. The molecule has 0 unspecified atom stereocenters. The Labute approximate surface area is 171 Å². The minimum Gasteiger partial charge on any atom is -0.394 e. The second-order valence-corrected chi connectivity index (χ2v) is 7.36. The number of anilines is 2. The molecule has 10 N–H and O–H groups in total. The molecule has 10 atom stereocenters. The van der Waals surface area contributed by atoms with E-state index in [4.69, 9.17) is 9.47 Å². The van der Waals surface area contributed by atoms with Crippen molar-refractivity contribution < 1.29 is 50.3 Å². The van der Waals surface area contributed by atoms with Crippen molar-refractivity contribution in [2.75, 3.05) is 23.8 Å². The van der Waals surface area contributed by atoms with Gasteiger partial charge in [0.15, 0.2) is 12.5 Å². The topological polar surface area (TPSA) is 204 Å². The fourth-order valence-corrected chi connectivity index (χ4v) is 3.43. The molecule has 170 valence electrons. The number of rotatable bonds is 6. The Bertz CT molecular complexity index is 618. The molecule has 2 heterocycles. The summed E-state index contributed by atoms with van der Waals surface area (Å²) in [6.45, 7) is -1.07. The highest BCUT2D eigenvalue weighted by Crippen LogP contribution is 2.26. The largest absolute Gasteiger partial charge is 0.394 e. The van der Waals surface area contributed by atoms with Crippen molar-refractivity contribution in [1.29, 1.82) is 0 Å². The first kappa shape index (κ1) is 23.1. The van der Waals surface area contributed by atoms with Crippen LogP contribution in [0.5, 0.6) is 0 Å². The molecule has 0 radical (unpaired) electrons. The zero-order valence-electron chi connectivity index (χ0n) is 15.9. The van der Waals surface area contributed by atoms with E-state index in [0.717, 1.165) is 0 Å². The molecule has 2 fully saturated rings. The maximum absolute atomic E-state index is 10.1. The van der Waals surface area contributed by atoms with Gasteiger partial charge in [-0.15, -0.1) is 0 Å². The van der Waals surface area contributed by atoms with Crippen LogP contribution in [0.3, 0.4) is 0 Å². The molecule has 12 heteroatoms. The second kappa shape index (κ2) is 9.70. The van der Waals surface area contributed by atoms with E-state index in [-0.39, 0.29) is 0 Å². The summed E-state index contributed by atoms with van der Waals surface area (Å²) >= 11 is 0. The predicted octanol–water partition coefficient (Wildman–Crippen LogP) is -3.89. The van der Waals surface area contributed by atoms with E-state index in [9.17, 15) is 40.9 Å². The molecule has 2 aliphatic heterocycles. The van der Waals surface area contributed by atoms with Crippen molar-refractivity contribution in [3.05, 3.63) is 24.3 Å². The number of aliphatic hydroxyl groups excluding tert-OH is 8. The van der Waals surface area contributed by atoms with E-state index in [2.05, 4.69) is 10.6 Å². The van der Waals surface area contributed by atoms with Crippen LogP contribution in [0.2, 0.25) is 0 Å². The summed E-state index contributed by atoms with van der Waals surface area (Å²) in [6, 6.07) is 6.36. The second-order valence-electron chi connectivity index (χ2n) is 7.36. The van der Waals surface area contributed by atoms with E-state index in [1.165, 1.54) is 0 Å². The lowest BCUT2D eigenvalue weighted by atomic mass is 9.98. The Morgan fingerprint density at radius 1 is 0.567 bits per heavy atom. The number of nitrogens with one attached hydrogen (secondary N) is 2. The van der Waals surface area contributed by atoms with E-state index in [1.54, 1.807) is 24.3 Å². The van der Waals surface area contributed by atoms with Gasteiger partial charge in [0.25, 0.3) is 0 Å². The molecule has 0 saturated carbocycles. The third-order valence-corrected chi connectivity index (χ3v) is 5.29. The van der Waals surface area contributed by atoms with Gasteiger partial charge in [0, 0.05) is 11.4 Å². The average Bonchev–Trinajstić information content (AvgIpc) is 2.75. The van der Waals surface area contributed by atoms with Gasteiger partial charge < -0.3 is 61.0 Å². The van der Waals surface area contributed by atoms with Crippen LogP contribution in [-0.2, 0) is 9.47 Å². The molecule has 0 bridgehead atoms. The van der Waals surface area contributed by atoms with Crippen LogP contribution in [0, 0.1) is 0 Å². The summed E-state index contributed by atoms with van der Waals surface area (Å²) < 4.78 is 10.8. The number of benzene rings is 1. The zero-order valence-corrected chi connectivity index (χ0v) is 15.9. The molecular weight excluding hydrogens is 404 g/mol. The van der Waals surface area contributed by atoms with Crippen molar-refractivity contribution in [2.24, 2.45) is 0 Å². The Balaban J connectivity index is 1.62. The summed E-state index contributed by atoms with van der Waals surface area (Å²) in [7, 11) is 0. The molecular formula is C18H28N2O10. The standard InChI is InChI=1S/C18H28N2O10/c21-5-9-11(23)13(25)15(27)17(29-9)19-7-1-2-8(4-3-7)20-18-16(28)14(26)12(24)10(6-22)30-18/h1-4,9-28H,5-6H2/t9-,10-,11+,12+,13+,14+,15+,16+,17-,18-/m0/s1. The summed E-state index contributed by atoms with van der Waals surface area (Å²) in [5.74, 6) is 0. The number of hydrogen-bond donors (Lipinski definition) is 10. The summed E-state index contributed by atoms with van der Waals surface area (Å²) in [4.78, 5) is 0. The molecule has 2 saturated heterocycles. The highest BCUT2D eigenvalue weighted by Gasteiger charge is 2.44. The lowest BCUT2D eigenvalue weighted by molar-refractivity contribution is -0.221. The van der Waals surface area contributed by atoms with Crippen molar-refractivity contribution >= 4 is 11.4 Å². The van der Waals surface area contributed by atoms with Gasteiger partial charge in [-0.05, 0) is 24.3 Å². The molecule has 3 rings (SSSR count). The van der Waals surface area contributed by atoms with Gasteiger partial charge in [0.05, 0.1) is 13.2 Å². The van der Waals surface area contributed by atoms with Gasteiger partial charge in [-0.2, -0.15) is 0 Å². The first-order valence-corrected chi connectivity index (χ1v) is 9.51. The summed E-state index contributed by atoms with van der Waals surface area (Å²) in [5.41, 5.74) is 0.970. The fourth-order valence-electron chi connectivity index (χ4n) is 3.43. The van der Waals surface area contributed by atoms with Crippen LogP contribution < -0.4 is 10.6 Å². The Morgan fingerprint density at radius 3 is 1.20 bits per heavy atom. The van der Waals surface area contributed by atoms with Gasteiger partial charge >= 0.3 is 0 Å². The number of hydrogen-bond acceptors (Lipinski definition) is 12. The van der Waals surface area contributed by atoms with Crippen LogP contribution in [-0.4, -0.2) is 115 Å². The normalized spacial score (nSPS) is 42.0. The van der Waals surface area contributed by atoms with Crippen molar-refractivity contribution in [3.63, 3.8) is 0 Å². The smallest absolute Gasteiger partial charge is 0.157 e. The van der Waals surface area contributed by atoms with Gasteiger partial charge in [0.1, 0.15) is 48.8 Å². The Hall–Kier alpha value is -1.58. The van der Waals surface area contributed by atoms with Gasteiger partial charge in [-0.25, -0.2) is 0 Å². The third-order valence-electron chi connectivity index (χ3n) is 5.29. The summed E-state index contributed by atoms with van der Waals surface area (Å²) in [6.07, 6.45) is -13.0. The first-order chi connectivity index (χ1) is 14.3. The average molecular weight is 432 g/mol. The van der Waals surface area contributed by atoms with Crippen LogP contribution in [0.15, 0.2) is 24.3 Å². The van der Waals surface area contributed by atoms with Crippen LogP contribution in [0.4, 0.5) is 11.4 Å². The highest BCUT2D eigenvalue weighted by molar-refractivity contribution is 5.54. The zero-order chi connectivity index (χ0) is 22.0. The molecule has 1 aromatic rings. The molecule has 0 aromatic heterocycles. The van der Waals surface area contributed by atoms with Crippen LogP contribution in [0.25, 0.3) is 0 Å². The molecule has 12 nitrogen and oxygen atoms in total. The van der Waals surface area contributed by atoms with Crippen LogP contribution >= 0.6 is 0 Å². The SMILES string of the molecule is OC[C@@H]1O[C@H](Nc2ccc(N[C@H]3O[C@@H](CO)[C@@H](O)[C@@H](O)[C@H]3O)cc2)[C@H](O)[C@H](O)[C@@H]1O. The van der Waals surface area contributed by atoms with Crippen molar-refractivity contribution in [1.82, 2.24) is 0 Å². The van der Waals surface area contributed by atoms with Gasteiger partial charge in [0.2, 0.25) is 0 Å². The first-order valence-electron chi connectivity index (χ1n) is 9.51. The minimum absolute atomic E-state index is 0.485. The van der Waals surface area contributed by atoms with Crippen molar-refractivity contribution in [3.8, 4) is 0 Å². The maximum atomic E-state index is 10.1. The predicted molar refractivity (Wildman–Crippen MR) is 101 cm³/mol. The third kappa shape index (κ3) is 4.68. The molecule has 2 aliphatic rings. The van der Waals surface area contributed by atoms with E-state index < -0.39 is 74.5 Å². The van der Waals surface area contributed by atoms with Gasteiger partial charge in [-0.1, -0.05) is 0 Å². The summed E-state index contributed by atoms with van der Waals surface area (Å²) in [5, 5.41) is 83.6. The highest BCUT2D eigenvalue weighted by atomic mass is 16.6. The molecule has 0 amide bonds. The van der Waals surface area contributed by atoms with Gasteiger partial charge in [-0.3, -0.25) is 0 Å².